The maximum Gasteiger partial charge on any atom is 0.335 e. The van der Waals surface area contributed by atoms with Gasteiger partial charge in [-0.25, -0.2) is 9.69 Å². The molecule has 2 aromatic carbocycles. The fourth-order valence-corrected chi connectivity index (χ4v) is 4.07. The highest BCUT2D eigenvalue weighted by molar-refractivity contribution is 9.10. The number of aryl methyl sites for hydroxylation is 1. The molecule has 0 aliphatic carbocycles. The van der Waals surface area contributed by atoms with E-state index in [9.17, 15) is 14.4 Å². The molecule has 0 saturated carbocycles. The van der Waals surface area contributed by atoms with E-state index < -0.39 is 17.8 Å². The summed E-state index contributed by atoms with van der Waals surface area (Å²) in [7, 11) is 0. The largest absolute Gasteiger partial charge is 0.372 e. The van der Waals surface area contributed by atoms with Gasteiger partial charge in [0.05, 0.1) is 5.69 Å². The fourth-order valence-electron chi connectivity index (χ4n) is 3.81. The molecule has 0 radical (unpaired) electrons. The van der Waals surface area contributed by atoms with Crippen LogP contribution >= 0.6 is 15.9 Å². The van der Waals surface area contributed by atoms with Gasteiger partial charge in [0.1, 0.15) is 5.57 Å². The molecular formula is C23H22BrN3O3. The van der Waals surface area contributed by atoms with Gasteiger partial charge >= 0.3 is 6.03 Å². The maximum absolute atomic E-state index is 13.0. The van der Waals surface area contributed by atoms with Crippen molar-refractivity contribution in [1.82, 2.24) is 5.32 Å². The van der Waals surface area contributed by atoms with E-state index in [2.05, 4.69) is 32.2 Å². The summed E-state index contributed by atoms with van der Waals surface area (Å²) in [5, 5.41) is 2.26. The van der Waals surface area contributed by atoms with E-state index in [1.54, 1.807) is 30.3 Å². The minimum atomic E-state index is -0.748. The average Bonchev–Trinajstić information content (AvgIpc) is 2.74. The molecule has 2 aliphatic rings. The third-order valence-electron chi connectivity index (χ3n) is 5.46. The summed E-state index contributed by atoms with van der Waals surface area (Å²) >= 11 is 3.33. The van der Waals surface area contributed by atoms with Gasteiger partial charge in [0.25, 0.3) is 11.8 Å². The number of amides is 4. The molecule has 154 valence electrons. The van der Waals surface area contributed by atoms with Crippen LogP contribution in [0.15, 0.2) is 52.5 Å². The van der Waals surface area contributed by atoms with E-state index in [1.165, 1.54) is 19.3 Å². The van der Waals surface area contributed by atoms with Crippen LogP contribution in [0.2, 0.25) is 0 Å². The minimum Gasteiger partial charge on any atom is -0.372 e. The highest BCUT2D eigenvalue weighted by atomic mass is 79.9. The number of carbonyl (C=O) groups excluding carboxylic acids is 3. The van der Waals surface area contributed by atoms with Crippen molar-refractivity contribution in [2.45, 2.75) is 26.2 Å². The average molecular weight is 468 g/mol. The molecule has 7 heteroatoms. The number of urea groups is 1. The van der Waals surface area contributed by atoms with Crippen molar-refractivity contribution < 1.29 is 14.4 Å². The molecular weight excluding hydrogens is 446 g/mol. The smallest absolute Gasteiger partial charge is 0.335 e. The van der Waals surface area contributed by atoms with Crippen molar-refractivity contribution in [2.75, 3.05) is 22.9 Å². The summed E-state index contributed by atoms with van der Waals surface area (Å²) in [4.78, 5) is 41.1. The molecule has 2 heterocycles. The van der Waals surface area contributed by atoms with Crippen molar-refractivity contribution >= 4 is 51.2 Å². The summed E-state index contributed by atoms with van der Waals surface area (Å²) in [5.41, 5.74) is 3.24. The second kappa shape index (κ2) is 8.44. The number of piperidine rings is 1. The number of imide groups is 2. The van der Waals surface area contributed by atoms with Gasteiger partial charge in [0.2, 0.25) is 0 Å². The quantitative estimate of drug-likeness (QED) is 0.535. The molecule has 0 spiro atoms. The van der Waals surface area contributed by atoms with E-state index in [4.69, 9.17) is 0 Å². The van der Waals surface area contributed by atoms with Gasteiger partial charge in [-0.3, -0.25) is 14.9 Å². The zero-order valence-electron chi connectivity index (χ0n) is 16.7. The number of nitrogens with one attached hydrogen (secondary N) is 1. The molecule has 4 amide bonds. The second-order valence-electron chi connectivity index (χ2n) is 7.52. The number of benzene rings is 2. The van der Waals surface area contributed by atoms with Crippen molar-refractivity contribution in [2.24, 2.45) is 0 Å². The molecule has 4 rings (SSSR count). The highest BCUT2D eigenvalue weighted by Gasteiger charge is 2.36. The number of anilines is 2. The van der Waals surface area contributed by atoms with E-state index in [0.29, 0.717) is 5.69 Å². The Bertz CT molecular complexity index is 1040. The van der Waals surface area contributed by atoms with Gasteiger partial charge in [-0.05, 0) is 79.8 Å². The van der Waals surface area contributed by atoms with Gasteiger partial charge in [-0.2, -0.15) is 0 Å². The zero-order valence-corrected chi connectivity index (χ0v) is 18.2. The van der Waals surface area contributed by atoms with E-state index in [-0.39, 0.29) is 5.57 Å². The van der Waals surface area contributed by atoms with Crippen LogP contribution < -0.4 is 15.1 Å². The van der Waals surface area contributed by atoms with E-state index in [1.807, 2.05) is 19.1 Å². The highest BCUT2D eigenvalue weighted by Crippen LogP contribution is 2.27. The first-order valence-electron chi connectivity index (χ1n) is 9.96. The van der Waals surface area contributed by atoms with Crippen LogP contribution in [-0.4, -0.2) is 30.9 Å². The Morgan fingerprint density at radius 3 is 2.27 bits per heavy atom. The Morgan fingerprint density at radius 1 is 0.933 bits per heavy atom. The van der Waals surface area contributed by atoms with E-state index in [0.717, 1.165) is 39.3 Å². The van der Waals surface area contributed by atoms with Crippen LogP contribution in [0, 0.1) is 6.92 Å². The lowest BCUT2D eigenvalue weighted by Crippen LogP contribution is -2.54. The van der Waals surface area contributed by atoms with Gasteiger partial charge in [0.15, 0.2) is 0 Å². The summed E-state index contributed by atoms with van der Waals surface area (Å²) in [6, 6.07) is 12.0. The molecule has 2 aliphatic heterocycles. The molecule has 2 fully saturated rings. The van der Waals surface area contributed by atoms with Crippen LogP contribution in [0.5, 0.6) is 0 Å². The SMILES string of the molecule is Cc1cc(N2CCCCC2)ccc1/C=C1\C(=O)NC(=O)N(c2ccc(Br)cc2)C1=O. The minimum absolute atomic E-state index is 0.0636. The lowest BCUT2D eigenvalue weighted by molar-refractivity contribution is -0.122. The van der Waals surface area contributed by atoms with Gasteiger partial charge in [0, 0.05) is 23.2 Å². The Morgan fingerprint density at radius 2 is 1.60 bits per heavy atom. The predicted octanol–water partition coefficient (Wildman–Crippen LogP) is 4.41. The van der Waals surface area contributed by atoms with Crippen molar-refractivity contribution in [3.63, 3.8) is 0 Å². The fraction of sp³-hybridized carbons (Fsp3) is 0.261. The third-order valence-corrected chi connectivity index (χ3v) is 5.99. The Balaban J connectivity index is 1.64. The Hall–Kier alpha value is -2.93. The van der Waals surface area contributed by atoms with Crippen molar-refractivity contribution in [3.8, 4) is 0 Å². The Labute approximate surface area is 183 Å². The van der Waals surface area contributed by atoms with Crippen LogP contribution in [0.1, 0.15) is 30.4 Å². The molecule has 0 bridgehead atoms. The van der Waals surface area contributed by atoms with Crippen LogP contribution in [-0.2, 0) is 9.59 Å². The van der Waals surface area contributed by atoms with Crippen LogP contribution in [0.25, 0.3) is 6.08 Å². The molecule has 2 aromatic rings. The van der Waals surface area contributed by atoms with Crippen molar-refractivity contribution in [3.05, 3.63) is 63.6 Å². The molecule has 2 saturated heterocycles. The Kier molecular flexibility index (Phi) is 5.72. The lowest BCUT2D eigenvalue weighted by Gasteiger charge is -2.29. The molecule has 6 nitrogen and oxygen atoms in total. The topological polar surface area (TPSA) is 69.7 Å². The summed E-state index contributed by atoms with van der Waals surface area (Å²) in [5.74, 6) is -1.32. The normalized spacial score (nSPS) is 18.7. The number of barbiturate groups is 1. The lowest BCUT2D eigenvalue weighted by atomic mass is 10.0. The number of nitrogens with zero attached hydrogens (tertiary/aromatic N) is 2. The summed E-state index contributed by atoms with van der Waals surface area (Å²) < 4.78 is 0.826. The molecule has 0 atom stereocenters. The van der Waals surface area contributed by atoms with Crippen LogP contribution in [0.3, 0.4) is 0 Å². The first kappa shape index (κ1) is 20.3. The van der Waals surface area contributed by atoms with Crippen molar-refractivity contribution in [1.29, 1.82) is 0 Å². The maximum atomic E-state index is 13.0. The number of carbonyl (C=O) groups is 3. The number of rotatable bonds is 3. The van der Waals surface area contributed by atoms with Gasteiger partial charge < -0.3 is 4.90 Å². The predicted molar refractivity (Wildman–Crippen MR) is 120 cm³/mol. The summed E-state index contributed by atoms with van der Waals surface area (Å²) in [6.45, 7) is 4.05. The van der Waals surface area contributed by atoms with E-state index >= 15 is 0 Å². The first-order valence-corrected chi connectivity index (χ1v) is 10.8. The first-order chi connectivity index (χ1) is 14.4. The number of hydrogen-bond donors (Lipinski definition) is 1. The molecule has 0 aromatic heterocycles. The number of hydrogen-bond acceptors (Lipinski definition) is 4. The number of halogens is 1. The molecule has 0 unspecified atom stereocenters. The third kappa shape index (κ3) is 4.03. The summed E-state index contributed by atoms with van der Waals surface area (Å²) in [6.07, 6.45) is 5.22. The standard InChI is InChI=1S/C23H22BrN3O3/c1-15-13-19(26-11-3-2-4-12-26)8-5-16(15)14-20-21(28)25-23(30)27(22(20)29)18-9-6-17(24)7-10-18/h5-10,13-14H,2-4,11-12H2,1H3,(H,25,28,30)/b20-14+. The zero-order chi connectivity index (χ0) is 21.3. The van der Waals surface area contributed by atoms with Crippen LogP contribution in [0.4, 0.5) is 16.2 Å². The monoisotopic (exact) mass is 467 g/mol. The molecule has 1 N–H and O–H groups in total. The van der Waals surface area contributed by atoms with Gasteiger partial charge in [-0.15, -0.1) is 0 Å². The van der Waals surface area contributed by atoms with Gasteiger partial charge in [-0.1, -0.05) is 22.0 Å². The second-order valence-corrected chi connectivity index (χ2v) is 8.44. The molecule has 30 heavy (non-hydrogen) atoms.